The van der Waals surface area contributed by atoms with Crippen LogP contribution in [0.3, 0.4) is 0 Å². The zero-order valence-electron chi connectivity index (χ0n) is 13.3. The minimum atomic E-state index is -0.713. The van der Waals surface area contributed by atoms with E-state index in [1.54, 1.807) is 0 Å². The van der Waals surface area contributed by atoms with E-state index in [0.29, 0.717) is 17.5 Å². The molecule has 0 saturated heterocycles. The Labute approximate surface area is 138 Å². The molecule has 0 radical (unpaired) electrons. The summed E-state index contributed by atoms with van der Waals surface area (Å²) in [6.45, 7) is 3.09. The van der Waals surface area contributed by atoms with Crippen molar-refractivity contribution >= 4 is 5.78 Å². The number of aliphatic hydroxyl groups excluding tert-OH is 1. The third-order valence-corrected chi connectivity index (χ3v) is 4.27. The summed E-state index contributed by atoms with van der Waals surface area (Å²) in [5.74, 6) is -1.46. The van der Waals surface area contributed by atoms with Crippen LogP contribution in [0.15, 0.2) is 24.3 Å². The zero-order valence-corrected chi connectivity index (χ0v) is 13.3. The Balaban J connectivity index is 2.21. The molecule has 0 bridgehead atoms. The van der Waals surface area contributed by atoms with E-state index in [0.717, 1.165) is 6.07 Å². The molecule has 2 aromatic rings. The molecule has 1 aromatic heterocycles. The Morgan fingerprint density at radius 2 is 2.08 bits per heavy atom. The van der Waals surface area contributed by atoms with E-state index in [-0.39, 0.29) is 35.4 Å². The lowest BCUT2D eigenvalue weighted by atomic mass is 9.88. The number of aromatic nitrogens is 1. The first-order valence-electron chi connectivity index (χ1n) is 7.68. The van der Waals surface area contributed by atoms with Crippen LogP contribution in [0, 0.1) is 17.6 Å². The summed E-state index contributed by atoms with van der Waals surface area (Å²) in [7, 11) is 0. The van der Waals surface area contributed by atoms with Gasteiger partial charge in [-0.15, -0.1) is 0 Å². The molecule has 126 valence electrons. The minimum absolute atomic E-state index is 0.00487. The molecule has 2 atom stereocenters. The van der Waals surface area contributed by atoms with Crippen molar-refractivity contribution in [2.75, 3.05) is 6.61 Å². The number of Topliss-reactive ketones (excluding diaryl/α,β-unsaturated/α-hetero) is 1. The van der Waals surface area contributed by atoms with Gasteiger partial charge in [-0.2, -0.15) is 0 Å². The molecule has 0 fully saturated rings. The average molecular weight is 333 g/mol. The summed E-state index contributed by atoms with van der Waals surface area (Å²) >= 11 is 0. The summed E-state index contributed by atoms with van der Waals surface area (Å²) < 4.78 is 33.2. The van der Waals surface area contributed by atoms with E-state index in [1.165, 1.54) is 25.1 Å². The Hall–Kier alpha value is -2.34. The first-order chi connectivity index (χ1) is 11.4. The quantitative estimate of drug-likeness (QED) is 0.877. The molecule has 0 unspecified atom stereocenters. The summed E-state index contributed by atoms with van der Waals surface area (Å²) in [4.78, 5) is 15.9. The monoisotopic (exact) mass is 333 g/mol. The van der Waals surface area contributed by atoms with Crippen LogP contribution in [0.4, 0.5) is 8.78 Å². The fourth-order valence-corrected chi connectivity index (χ4v) is 2.90. The molecular formula is C18H17F2NO3. The lowest BCUT2D eigenvalue weighted by Gasteiger charge is -2.31. The topological polar surface area (TPSA) is 59.4 Å². The standard InChI is InChI=1S/C18H17F2NO3/c1-9-5-14-13(12-4-3-11(19)6-15(12)20)7-16(10(2)23)21-18(14)24-17(9)8-22/h3-4,6-7,9,17,22H,5,8H2,1-2H3/t9-,17+/m0/s1. The number of pyridine rings is 1. The minimum Gasteiger partial charge on any atom is -0.471 e. The molecule has 1 aliphatic heterocycles. The highest BCUT2D eigenvalue weighted by atomic mass is 19.1. The van der Waals surface area contributed by atoms with E-state index in [4.69, 9.17) is 4.74 Å². The maximum atomic E-state index is 14.3. The van der Waals surface area contributed by atoms with E-state index in [9.17, 15) is 18.7 Å². The van der Waals surface area contributed by atoms with Gasteiger partial charge in [-0.05, 0) is 36.1 Å². The second-order valence-corrected chi connectivity index (χ2v) is 6.04. The Morgan fingerprint density at radius 3 is 2.71 bits per heavy atom. The molecule has 0 spiro atoms. The summed E-state index contributed by atoms with van der Waals surface area (Å²) in [5.41, 5.74) is 1.45. The van der Waals surface area contributed by atoms with Crippen molar-refractivity contribution in [1.82, 2.24) is 4.98 Å². The fraction of sp³-hybridized carbons (Fsp3) is 0.333. The van der Waals surface area contributed by atoms with E-state index in [2.05, 4.69) is 4.98 Å². The summed E-state index contributed by atoms with van der Waals surface area (Å²) in [5, 5.41) is 9.41. The van der Waals surface area contributed by atoms with Gasteiger partial charge in [0.15, 0.2) is 5.78 Å². The Kier molecular flexibility index (Phi) is 4.32. The van der Waals surface area contributed by atoms with E-state index < -0.39 is 17.7 Å². The van der Waals surface area contributed by atoms with Crippen LogP contribution < -0.4 is 4.74 Å². The molecule has 6 heteroatoms. The highest BCUT2D eigenvalue weighted by molar-refractivity contribution is 5.94. The number of aliphatic hydroxyl groups is 1. The number of ketones is 1. The highest BCUT2D eigenvalue weighted by Gasteiger charge is 2.31. The van der Waals surface area contributed by atoms with Gasteiger partial charge in [0.1, 0.15) is 23.4 Å². The number of carbonyl (C=O) groups excluding carboxylic acids is 1. The molecule has 0 amide bonds. The zero-order chi connectivity index (χ0) is 17.4. The number of halogens is 2. The van der Waals surface area contributed by atoms with E-state index >= 15 is 0 Å². The van der Waals surface area contributed by atoms with Crippen LogP contribution in [-0.2, 0) is 6.42 Å². The van der Waals surface area contributed by atoms with Crippen molar-refractivity contribution < 1.29 is 23.4 Å². The van der Waals surface area contributed by atoms with Gasteiger partial charge in [-0.25, -0.2) is 13.8 Å². The SMILES string of the molecule is CC(=O)c1cc(-c2ccc(F)cc2F)c2c(n1)O[C@H](CO)[C@@H](C)C2. The van der Waals surface area contributed by atoms with Gasteiger partial charge < -0.3 is 9.84 Å². The second-order valence-electron chi connectivity index (χ2n) is 6.04. The molecule has 1 aliphatic rings. The predicted octanol–water partition coefficient (Wildman–Crippen LogP) is 3.16. The first kappa shape index (κ1) is 16.5. The Morgan fingerprint density at radius 1 is 1.33 bits per heavy atom. The first-order valence-corrected chi connectivity index (χ1v) is 7.68. The van der Waals surface area contributed by atoms with Crippen molar-refractivity contribution in [1.29, 1.82) is 0 Å². The number of fused-ring (bicyclic) bond motifs is 1. The second kappa shape index (κ2) is 6.28. The molecule has 4 nitrogen and oxygen atoms in total. The van der Waals surface area contributed by atoms with Gasteiger partial charge in [0, 0.05) is 24.1 Å². The lowest BCUT2D eigenvalue weighted by Crippen LogP contribution is -2.35. The Bertz CT molecular complexity index is 807. The van der Waals surface area contributed by atoms with E-state index in [1.807, 2.05) is 6.92 Å². The number of hydrogen-bond acceptors (Lipinski definition) is 4. The van der Waals surface area contributed by atoms with Gasteiger partial charge >= 0.3 is 0 Å². The molecule has 0 aliphatic carbocycles. The van der Waals surface area contributed by atoms with Crippen LogP contribution in [0.5, 0.6) is 5.88 Å². The molecule has 2 heterocycles. The molecular weight excluding hydrogens is 316 g/mol. The number of benzene rings is 1. The number of carbonyl (C=O) groups is 1. The summed E-state index contributed by atoms with van der Waals surface area (Å²) in [6, 6.07) is 4.82. The maximum Gasteiger partial charge on any atom is 0.218 e. The van der Waals surface area contributed by atoms with Crippen LogP contribution in [-0.4, -0.2) is 28.6 Å². The molecule has 1 aromatic carbocycles. The van der Waals surface area contributed by atoms with Gasteiger partial charge in [-0.3, -0.25) is 4.79 Å². The number of rotatable bonds is 3. The number of ether oxygens (including phenoxy) is 1. The normalized spacial score (nSPS) is 19.5. The summed E-state index contributed by atoms with van der Waals surface area (Å²) in [6.07, 6.45) is 0.0795. The predicted molar refractivity (Wildman–Crippen MR) is 84.0 cm³/mol. The third kappa shape index (κ3) is 2.89. The number of hydrogen-bond donors (Lipinski definition) is 1. The van der Waals surface area contributed by atoms with Crippen molar-refractivity contribution in [3.05, 3.63) is 47.2 Å². The van der Waals surface area contributed by atoms with Crippen LogP contribution in [0.1, 0.15) is 29.9 Å². The van der Waals surface area contributed by atoms with Crippen molar-refractivity contribution in [3.63, 3.8) is 0 Å². The van der Waals surface area contributed by atoms with Crippen molar-refractivity contribution in [2.24, 2.45) is 5.92 Å². The lowest BCUT2D eigenvalue weighted by molar-refractivity contribution is 0.0561. The van der Waals surface area contributed by atoms with Crippen molar-refractivity contribution in [3.8, 4) is 17.0 Å². The average Bonchev–Trinajstić information content (AvgIpc) is 2.53. The third-order valence-electron chi connectivity index (χ3n) is 4.27. The van der Waals surface area contributed by atoms with Gasteiger partial charge in [0.25, 0.3) is 0 Å². The van der Waals surface area contributed by atoms with Gasteiger partial charge in [0.2, 0.25) is 5.88 Å². The molecule has 24 heavy (non-hydrogen) atoms. The maximum absolute atomic E-state index is 14.3. The fourth-order valence-electron chi connectivity index (χ4n) is 2.90. The molecule has 1 N–H and O–H groups in total. The van der Waals surface area contributed by atoms with Crippen LogP contribution in [0.25, 0.3) is 11.1 Å². The largest absolute Gasteiger partial charge is 0.471 e. The van der Waals surface area contributed by atoms with Gasteiger partial charge in [-0.1, -0.05) is 6.92 Å². The smallest absolute Gasteiger partial charge is 0.218 e. The van der Waals surface area contributed by atoms with Gasteiger partial charge in [0.05, 0.1) is 6.61 Å². The number of nitrogens with zero attached hydrogens (tertiary/aromatic N) is 1. The van der Waals surface area contributed by atoms with Crippen molar-refractivity contribution in [2.45, 2.75) is 26.4 Å². The molecule has 0 saturated carbocycles. The highest BCUT2D eigenvalue weighted by Crippen LogP contribution is 2.38. The molecule has 3 rings (SSSR count). The van der Waals surface area contributed by atoms with Crippen LogP contribution >= 0.6 is 0 Å². The van der Waals surface area contributed by atoms with Crippen LogP contribution in [0.2, 0.25) is 0 Å².